The van der Waals surface area contributed by atoms with Crippen molar-refractivity contribution in [1.82, 2.24) is 0 Å². The number of thiophene rings is 2. The molecule has 0 radical (unpaired) electrons. The molecule has 0 atom stereocenters. The molecule has 0 unspecified atom stereocenters. The number of hydrogen-bond donors (Lipinski definition) is 0. The fourth-order valence-corrected chi connectivity index (χ4v) is 8.32. The first-order valence-corrected chi connectivity index (χ1v) is 18.9. The van der Waals surface area contributed by atoms with E-state index in [1.165, 1.54) is 151 Å². The largest absolute Gasteiger partial charge is 0.135 e. The van der Waals surface area contributed by atoms with Crippen LogP contribution in [0.3, 0.4) is 0 Å². The third-order valence-corrected chi connectivity index (χ3v) is 10.6. The molecule has 2 rings (SSSR count). The van der Waals surface area contributed by atoms with Gasteiger partial charge in [0.1, 0.15) is 0 Å². The van der Waals surface area contributed by atoms with Crippen molar-refractivity contribution in [1.29, 1.82) is 0 Å². The molecule has 0 nitrogen and oxygen atoms in total. The molecule has 0 aliphatic rings. The van der Waals surface area contributed by atoms with E-state index in [-0.39, 0.29) is 0 Å². The normalized spacial score (nSPS) is 12.0. The first-order chi connectivity index (χ1) is 19.7. The van der Waals surface area contributed by atoms with Crippen LogP contribution < -0.4 is 0 Å². The Morgan fingerprint density at radius 3 is 1.05 bits per heavy atom. The molecule has 0 aromatic carbocycles. The van der Waals surface area contributed by atoms with E-state index in [1.54, 1.807) is 20.9 Å². The third-order valence-electron chi connectivity index (χ3n) is 8.12. The smallest absolute Gasteiger partial charge is 0.0483 e. The summed E-state index contributed by atoms with van der Waals surface area (Å²) in [5.74, 6) is 0. The van der Waals surface area contributed by atoms with Gasteiger partial charge in [-0.15, -0.1) is 22.7 Å². The van der Waals surface area contributed by atoms with Gasteiger partial charge < -0.3 is 0 Å². The van der Waals surface area contributed by atoms with E-state index in [0.717, 1.165) is 0 Å². The third kappa shape index (κ3) is 14.7. The maximum atomic E-state index is 2.49. The zero-order valence-electron chi connectivity index (χ0n) is 26.8. The second-order valence-electron chi connectivity index (χ2n) is 11.9. The van der Waals surface area contributed by atoms with E-state index in [2.05, 4.69) is 64.1 Å². The highest BCUT2D eigenvalue weighted by atomic mass is 32.1. The SMILES string of the molecule is C/C=C\c1cc(CCCCCCCCCCCC)c(-c2sc(/C=C/C)cc2CCCCCCCCCCCC)s1. The Bertz CT molecular complexity index is 849. The van der Waals surface area contributed by atoms with Gasteiger partial charge in [-0.05, 0) is 74.9 Å². The quantitative estimate of drug-likeness (QED) is 0.102. The van der Waals surface area contributed by atoms with E-state index in [0.29, 0.717) is 0 Å². The summed E-state index contributed by atoms with van der Waals surface area (Å²) in [6.45, 7) is 8.90. The van der Waals surface area contributed by atoms with Crippen LogP contribution >= 0.6 is 22.7 Å². The zero-order chi connectivity index (χ0) is 28.7. The monoisotopic (exact) mass is 582 g/mol. The molecule has 2 aromatic rings. The average molecular weight is 583 g/mol. The standard InChI is InChI=1S/C38H62S2/c1-5-9-11-13-15-17-19-21-23-25-29-33-31-35(27-7-3)39-37(33)38-34(32-36(40-38)28-8-4)30-26-24-22-20-18-16-14-12-10-6-2/h7-8,27-28,31-32H,5-6,9-26,29-30H2,1-4H3/b27-7-,28-8+. The minimum atomic E-state index is 1.23. The number of unbranched alkanes of at least 4 members (excludes halogenated alkanes) is 18. The van der Waals surface area contributed by atoms with Gasteiger partial charge in [-0.3, -0.25) is 0 Å². The molecular formula is C38H62S2. The van der Waals surface area contributed by atoms with Crippen molar-refractivity contribution >= 4 is 34.8 Å². The summed E-state index contributed by atoms with van der Waals surface area (Å²) in [5.41, 5.74) is 3.19. The predicted octanol–water partition coefficient (Wildman–Crippen LogP) is 14.5. The van der Waals surface area contributed by atoms with Crippen molar-refractivity contribution in [3.8, 4) is 9.75 Å². The van der Waals surface area contributed by atoms with Crippen LogP contribution in [0, 0.1) is 0 Å². The molecule has 0 spiro atoms. The van der Waals surface area contributed by atoms with Gasteiger partial charge in [-0.25, -0.2) is 0 Å². The van der Waals surface area contributed by atoms with Crippen LogP contribution in [-0.2, 0) is 12.8 Å². The lowest BCUT2D eigenvalue weighted by atomic mass is 10.0. The van der Waals surface area contributed by atoms with E-state index in [1.807, 2.05) is 22.7 Å². The summed E-state index contributed by atoms with van der Waals surface area (Å²) in [6.07, 6.45) is 39.6. The molecule has 0 aliphatic heterocycles. The number of allylic oxidation sites excluding steroid dienone is 2. The minimum absolute atomic E-state index is 1.23. The molecule has 0 saturated carbocycles. The Morgan fingerprint density at radius 2 is 0.750 bits per heavy atom. The van der Waals surface area contributed by atoms with Crippen molar-refractivity contribution in [3.63, 3.8) is 0 Å². The van der Waals surface area contributed by atoms with Crippen molar-refractivity contribution in [2.24, 2.45) is 0 Å². The number of rotatable bonds is 25. The Kier molecular flexibility index (Phi) is 20.6. The molecule has 40 heavy (non-hydrogen) atoms. The van der Waals surface area contributed by atoms with Crippen LogP contribution in [0.2, 0.25) is 0 Å². The summed E-state index contributed by atoms with van der Waals surface area (Å²) >= 11 is 4.04. The van der Waals surface area contributed by atoms with Crippen LogP contribution in [0.5, 0.6) is 0 Å². The molecule has 2 aromatic heterocycles. The summed E-state index contributed by atoms with van der Waals surface area (Å²) in [7, 11) is 0. The van der Waals surface area contributed by atoms with Gasteiger partial charge in [0, 0.05) is 19.5 Å². The predicted molar refractivity (Wildman–Crippen MR) is 188 cm³/mol. The van der Waals surface area contributed by atoms with Crippen LogP contribution in [-0.4, -0.2) is 0 Å². The van der Waals surface area contributed by atoms with Crippen molar-refractivity contribution in [3.05, 3.63) is 45.2 Å². The lowest BCUT2D eigenvalue weighted by Crippen LogP contribution is -1.90. The Balaban J connectivity index is 1.90. The van der Waals surface area contributed by atoms with Crippen LogP contribution in [0.1, 0.15) is 177 Å². The lowest BCUT2D eigenvalue weighted by Gasteiger charge is -2.07. The van der Waals surface area contributed by atoms with Gasteiger partial charge in [-0.1, -0.05) is 142 Å². The van der Waals surface area contributed by atoms with Crippen LogP contribution in [0.25, 0.3) is 21.9 Å². The first-order valence-electron chi connectivity index (χ1n) is 17.2. The van der Waals surface area contributed by atoms with E-state index >= 15 is 0 Å². The molecular weight excluding hydrogens is 521 g/mol. The molecule has 0 aliphatic carbocycles. The average Bonchev–Trinajstić information content (AvgIpc) is 3.54. The molecule has 2 heterocycles. The van der Waals surface area contributed by atoms with Crippen molar-refractivity contribution in [2.45, 2.75) is 169 Å². The lowest BCUT2D eigenvalue weighted by molar-refractivity contribution is 0.556. The van der Waals surface area contributed by atoms with Gasteiger partial charge in [0.2, 0.25) is 0 Å². The van der Waals surface area contributed by atoms with Gasteiger partial charge in [0.05, 0.1) is 0 Å². The molecule has 226 valence electrons. The summed E-state index contributed by atoms with van der Waals surface area (Å²) in [4.78, 5) is 5.97. The van der Waals surface area contributed by atoms with E-state index < -0.39 is 0 Å². The molecule has 0 saturated heterocycles. The van der Waals surface area contributed by atoms with Crippen LogP contribution in [0.4, 0.5) is 0 Å². The molecule has 2 heteroatoms. The zero-order valence-corrected chi connectivity index (χ0v) is 28.5. The maximum absolute atomic E-state index is 2.49. The van der Waals surface area contributed by atoms with Crippen molar-refractivity contribution < 1.29 is 0 Å². The first kappa shape index (κ1) is 35.1. The summed E-state index contributed by atoms with van der Waals surface area (Å²) in [5, 5.41) is 0. The van der Waals surface area contributed by atoms with Gasteiger partial charge in [-0.2, -0.15) is 0 Å². The summed E-state index contributed by atoms with van der Waals surface area (Å²) < 4.78 is 0. The summed E-state index contributed by atoms with van der Waals surface area (Å²) in [6, 6.07) is 4.99. The highest BCUT2D eigenvalue weighted by molar-refractivity contribution is 7.23. The fraction of sp³-hybridized carbons (Fsp3) is 0.684. The van der Waals surface area contributed by atoms with Gasteiger partial charge >= 0.3 is 0 Å². The van der Waals surface area contributed by atoms with E-state index in [9.17, 15) is 0 Å². The molecule has 0 fully saturated rings. The fourth-order valence-electron chi connectivity index (χ4n) is 5.75. The molecule has 0 bridgehead atoms. The topological polar surface area (TPSA) is 0 Å². The number of aryl methyl sites for hydroxylation is 2. The highest BCUT2D eigenvalue weighted by Crippen LogP contribution is 2.42. The Labute approximate surface area is 257 Å². The highest BCUT2D eigenvalue weighted by Gasteiger charge is 2.17. The van der Waals surface area contributed by atoms with Crippen molar-refractivity contribution in [2.75, 3.05) is 0 Å². The van der Waals surface area contributed by atoms with E-state index in [4.69, 9.17) is 0 Å². The Hall–Kier alpha value is -1.12. The minimum Gasteiger partial charge on any atom is -0.135 e. The molecule has 0 amide bonds. The molecule has 0 N–H and O–H groups in total. The second-order valence-corrected chi connectivity index (χ2v) is 14.0. The number of hydrogen-bond acceptors (Lipinski definition) is 2. The van der Waals surface area contributed by atoms with Gasteiger partial charge in [0.25, 0.3) is 0 Å². The Morgan fingerprint density at radius 1 is 0.450 bits per heavy atom. The van der Waals surface area contributed by atoms with Crippen LogP contribution in [0.15, 0.2) is 24.3 Å². The van der Waals surface area contributed by atoms with Gasteiger partial charge in [0.15, 0.2) is 0 Å². The second kappa shape index (κ2) is 23.4. The maximum Gasteiger partial charge on any atom is 0.0483 e.